The average Bonchev–Trinajstić information content (AvgIpc) is 2.50. The topological polar surface area (TPSA) is 0 Å². The van der Waals surface area contributed by atoms with Crippen molar-refractivity contribution in [2.75, 3.05) is 0 Å². The zero-order chi connectivity index (χ0) is 15.9. The van der Waals surface area contributed by atoms with E-state index in [2.05, 4.69) is 36.9 Å². The maximum Gasteiger partial charge on any atom is -0.0233 e. The summed E-state index contributed by atoms with van der Waals surface area (Å²) in [6.45, 7) is 9.39. The van der Waals surface area contributed by atoms with E-state index >= 15 is 0 Å². The smallest absolute Gasteiger partial charge is 0.0233 e. The van der Waals surface area contributed by atoms with E-state index in [0.717, 1.165) is 17.5 Å². The molecule has 0 spiro atoms. The highest BCUT2D eigenvalue weighted by Gasteiger charge is 2.24. The standard InChI is InChI=1S/C20H43P/c1-5-9-12-14-17-20(21)19(16-13-10-6-2)18(8-4)15-11-7-3/h18-20H,5-17,21H2,1-4H3. The van der Waals surface area contributed by atoms with Gasteiger partial charge in [0.15, 0.2) is 0 Å². The second-order valence-electron chi connectivity index (χ2n) is 6.98. The van der Waals surface area contributed by atoms with Crippen molar-refractivity contribution in [3.05, 3.63) is 0 Å². The van der Waals surface area contributed by atoms with Crippen LogP contribution in [0, 0.1) is 11.8 Å². The van der Waals surface area contributed by atoms with E-state index < -0.39 is 0 Å². The van der Waals surface area contributed by atoms with Gasteiger partial charge in [0.05, 0.1) is 0 Å². The molecule has 0 aliphatic rings. The molecule has 4 atom stereocenters. The summed E-state index contributed by atoms with van der Waals surface area (Å²) in [6.07, 6.45) is 18.4. The van der Waals surface area contributed by atoms with Crippen LogP contribution in [-0.4, -0.2) is 5.66 Å². The maximum atomic E-state index is 3.23. The number of rotatable bonds is 15. The predicted molar refractivity (Wildman–Crippen MR) is 103 cm³/mol. The minimum atomic E-state index is 0.862. The van der Waals surface area contributed by atoms with Gasteiger partial charge in [-0.25, -0.2) is 0 Å². The van der Waals surface area contributed by atoms with Crippen LogP contribution in [-0.2, 0) is 0 Å². The van der Waals surface area contributed by atoms with Crippen LogP contribution in [0.4, 0.5) is 0 Å². The Kier molecular flexibility index (Phi) is 15.6. The van der Waals surface area contributed by atoms with Crippen molar-refractivity contribution in [3.8, 4) is 0 Å². The van der Waals surface area contributed by atoms with Crippen molar-refractivity contribution in [2.24, 2.45) is 11.8 Å². The fourth-order valence-electron chi connectivity index (χ4n) is 3.64. The third kappa shape index (κ3) is 10.7. The van der Waals surface area contributed by atoms with Gasteiger partial charge < -0.3 is 0 Å². The van der Waals surface area contributed by atoms with Crippen LogP contribution >= 0.6 is 9.24 Å². The van der Waals surface area contributed by atoms with E-state index in [4.69, 9.17) is 0 Å². The lowest BCUT2D eigenvalue weighted by Gasteiger charge is -2.32. The van der Waals surface area contributed by atoms with Crippen molar-refractivity contribution >= 4 is 9.24 Å². The van der Waals surface area contributed by atoms with Crippen LogP contribution in [0.15, 0.2) is 0 Å². The first kappa shape index (κ1) is 21.4. The molecule has 0 aliphatic heterocycles. The summed E-state index contributed by atoms with van der Waals surface area (Å²) in [5.41, 5.74) is 0.862. The van der Waals surface area contributed by atoms with Gasteiger partial charge in [-0.05, 0) is 30.3 Å². The SMILES string of the molecule is CCCCCCC(P)C(CCCCC)C(CC)CCCC. The summed E-state index contributed by atoms with van der Waals surface area (Å²) in [7, 11) is 3.23. The van der Waals surface area contributed by atoms with Crippen LogP contribution in [0.3, 0.4) is 0 Å². The van der Waals surface area contributed by atoms with Crippen molar-refractivity contribution in [1.82, 2.24) is 0 Å². The van der Waals surface area contributed by atoms with Gasteiger partial charge in [0, 0.05) is 0 Å². The third-order valence-corrected chi connectivity index (χ3v) is 5.97. The first-order valence-corrected chi connectivity index (χ1v) is 10.6. The van der Waals surface area contributed by atoms with E-state index in [1.54, 1.807) is 0 Å². The lowest BCUT2D eigenvalue weighted by Crippen LogP contribution is -2.24. The molecule has 128 valence electrons. The molecular formula is C20H43P. The van der Waals surface area contributed by atoms with Gasteiger partial charge >= 0.3 is 0 Å². The molecule has 0 fully saturated rings. The van der Waals surface area contributed by atoms with E-state index in [1.165, 1.54) is 83.5 Å². The fourth-order valence-corrected chi connectivity index (χ4v) is 4.38. The normalized spacial score (nSPS) is 15.9. The van der Waals surface area contributed by atoms with Gasteiger partial charge in [0.2, 0.25) is 0 Å². The third-order valence-electron chi connectivity index (χ3n) is 5.14. The van der Waals surface area contributed by atoms with E-state index in [0.29, 0.717) is 0 Å². The molecule has 0 aliphatic carbocycles. The first-order valence-electron chi connectivity index (χ1n) is 9.96. The molecular weight excluding hydrogens is 271 g/mol. The second kappa shape index (κ2) is 15.3. The number of unbranched alkanes of at least 4 members (excludes halogenated alkanes) is 6. The van der Waals surface area contributed by atoms with Gasteiger partial charge in [0.1, 0.15) is 0 Å². The zero-order valence-electron chi connectivity index (χ0n) is 15.5. The Morgan fingerprint density at radius 2 is 1.19 bits per heavy atom. The van der Waals surface area contributed by atoms with Crippen molar-refractivity contribution in [3.63, 3.8) is 0 Å². The highest BCUT2D eigenvalue weighted by atomic mass is 31.0. The number of hydrogen-bond acceptors (Lipinski definition) is 0. The second-order valence-corrected chi connectivity index (χ2v) is 7.84. The maximum absolute atomic E-state index is 3.23. The predicted octanol–water partition coefficient (Wildman–Crippen LogP) is 7.61. The van der Waals surface area contributed by atoms with E-state index in [9.17, 15) is 0 Å². The molecule has 0 saturated heterocycles. The Labute approximate surface area is 138 Å². The molecule has 0 rings (SSSR count). The fraction of sp³-hybridized carbons (Fsp3) is 1.00. The first-order chi connectivity index (χ1) is 10.2. The van der Waals surface area contributed by atoms with Crippen LogP contribution in [0.2, 0.25) is 0 Å². The quantitative estimate of drug-likeness (QED) is 0.215. The van der Waals surface area contributed by atoms with Crippen molar-refractivity contribution in [2.45, 2.75) is 117 Å². The molecule has 0 N–H and O–H groups in total. The van der Waals surface area contributed by atoms with Crippen LogP contribution in [0.25, 0.3) is 0 Å². The summed E-state index contributed by atoms with van der Waals surface area (Å²) in [5.74, 6) is 1.93. The molecule has 21 heavy (non-hydrogen) atoms. The highest BCUT2D eigenvalue weighted by Crippen LogP contribution is 2.35. The molecule has 0 amide bonds. The number of hydrogen-bond donors (Lipinski definition) is 0. The Hall–Kier alpha value is 0.430. The van der Waals surface area contributed by atoms with Gasteiger partial charge in [-0.2, -0.15) is 0 Å². The van der Waals surface area contributed by atoms with Crippen LogP contribution in [0.1, 0.15) is 111 Å². The molecule has 0 aromatic rings. The summed E-state index contributed by atoms with van der Waals surface area (Å²) in [5, 5.41) is 0. The molecule has 0 bridgehead atoms. The van der Waals surface area contributed by atoms with E-state index in [-0.39, 0.29) is 0 Å². The van der Waals surface area contributed by atoms with Crippen molar-refractivity contribution < 1.29 is 0 Å². The van der Waals surface area contributed by atoms with Gasteiger partial charge in [-0.1, -0.05) is 98.3 Å². The van der Waals surface area contributed by atoms with Gasteiger partial charge in [-0.3, -0.25) is 0 Å². The highest BCUT2D eigenvalue weighted by molar-refractivity contribution is 7.17. The molecule has 1 heteroatoms. The lowest BCUT2D eigenvalue weighted by atomic mass is 9.79. The minimum absolute atomic E-state index is 0.862. The summed E-state index contributed by atoms with van der Waals surface area (Å²) in [4.78, 5) is 0. The minimum Gasteiger partial charge on any atom is -0.134 e. The Balaban J connectivity index is 4.37. The Bertz CT molecular complexity index is 202. The zero-order valence-corrected chi connectivity index (χ0v) is 16.7. The average molecular weight is 315 g/mol. The Morgan fingerprint density at radius 3 is 1.76 bits per heavy atom. The molecule has 0 aromatic heterocycles. The molecule has 0 radical (unpaired) electrons. The van der Waals surface area contributed by atoms with Crippen LogP contribution in [0.5, 0.6) is 0 Å². The van der Waals surface area contributed by atoms with Crippen LogP contribution < -0.4 is 0 Å². The molecule has 0 aromatic carbocycles. The van der Waals surface area contributed by atoms with Gasteiger partial charge in [-0.15, -0.1) is 9.24 Å². The molecule has 4 unspecified atom stereocenters. The molecule has 0 saturated carbocycles. The molecule has 0 heterocycles. The Morgan fingerprint density at radius 1 is 0.619 bits per heavy atom. The summed E-state index contributed by atoms with van der Waals surface area (Å²) >= 11 is 0. The summed E-state index contributed by atoms with van der Waals surface area (Å²) < 4.78 is 0. The summed E-state index contributed by atoms with van der Waals surface area (Å²) in [6, 6.07) is 0. The monoisotopic (exact) mass is 314 g/mol. The molecule has 0 nitrogen and oxygen atoms in total. The lowest BCUT2D eigenvalue weighted by molar-refractivity contribution is 0.258. The van der Waals surface area contributed by atoms with E-state index in [1.807, 2.05) is 0 Å². The van der Waals surface area contributed by atoms with Gasteiger partial charge in [0.25, 0.3) is 0 Å². The van der Waals surface area contributed by atoms with Crippen molar-refractivity contribution in [1.29, 1.82) is 0 Å². The largest absolute Gasteiger partial charge is 0.134 e.